The van der Waals surface area contributed by atoms with Crippen LogP contribution >= 0.6 is 11.8 Å². The third kappa shape index (κ3) is 5.68. The SMILES string of the molecule is C[C@](/C=C1/C=CCCC1)(SCCC=O)C(=O)OCc1ccccc1. The number of rotatable bonds is 8. The van der Waals surface area contributed by atoms with Gasteiger partial charge in [-0.05, 0) is 31.7 Å². The van der Waals surface area contributed by atoms with E-state index >= 15 is 0 Å². The topological polar surface area (TPSA) is 43.4 Å². The number of ether oxygens (including phenoxy) is 1. The molecule has 128 valence electrons. The Morgan fingerprint density at radius 2 is 2.12 bits per heavy atom. The summed E-state index contributed by atoms with van der Waals surface area (Å²) in [5.74, 6) is 0.349. The van der Waals surface area contributed by atoms with E-state index in [1.807, 2.05) is 43.3 Å². The van der Waals surface area contributed by atoms with Gasteiger partial charge in [-0.2, -0.15) is 0 Å². The molecule has 4 heteroatoms. The summed E-state index contributed by atoms with van der Waals surface area (Å²) in [6, 6.07) is 9.66. The van der Waals surface area contributed by atoms with Crippen LogP contribution in [0.2, 0.25) is 0 Å². The summed E-state index contributed by atoms with van der Waals surface area (Å²) < 4.78 is 4.78. The molecule has 0 saturated carbocycles. The predicted octanol–water partition coefficient (Wildman–Crippen LogP) is 4.48. The molecule has 24 heavy (non-hydrogen) atoms. The molecule has 3 nitrogen and oxygen atoms in total. The number of thioether (sulfide) groups is 1. The van der Waals surface area contributed by atoms with Gasteiger partial charge >= 0.3 is 5.97 Å². The number of esters is 1. The maximum atomic E-state index is 12.7. The molecule has 1 aliphatic rings. The van der Waals surface area contributed by atoms with Crippen molar-refractivity contribution in [1.82, 2.24) is 0 Å². The molecule has 0 heterocycles. The van der Waals surface area contributed by atoms with Crippen molar-refractivity contribution < 1.29 is 14.3 Å². The molecule has 1 aromatic rings. The van der Waals surface area contributed by atoms with Crippen molar-refractivity contribution in [2.75, 3.05) is 5.75 Å². The van der Waals surface area contributed by atoms with Gasteiger partial charge in [0.2, 0.25) is 0 Å². The molecule has 0 aromatic heterocycles. The lowest BCUT2D eigenvalue weighted by atomic mass is 9.98. The van der Waals surface area contributed by atoms with Crippen LogP contribution in [0.25, 0.3) is 0 Å². The van der Waals surface area contributed by atoms with Crippen LogP contribution in [-0.2, 0) is 20.9 Å². The highest BCUT2D eigenvalue weighted by molar-refractivity contribution is 8.01. The van der Waals surface area contributed by atoms with E-state index in [2.05, 4.69) is 12.2 Å². The van der Waals surface area contributed by atoms with E-state index in [1.54, 1.807) is 0 Å². The molecule has 1 atom stereocenters. The van der Waals surface area contributed by atoms with E-state index in [4.69, 9.17) is 4.74 Å². The number of benzene rings is 1. The number of carbonyl (C=O) groups is 2. The quantitative estimate of drug-likeness (QED) is 0.396. The van der Waals surface area contributed by atoms with Crippen LogP contribution in [0.3, 0.4) is 0 Å². The second-order valence-corrected chi connectivity index (χ2v) is 7.53. The van der Waals surface area contributed by atoms with Gasteiger partial charge in [-0.1, -0.05) is 54.1 Å². The Hall–Kier alpha value is -1.81. The lowest BCUT2D eigenvalue weighted by Gasteiger charge is -2.25. The lowest BCUT2D eigenvalue weighted by Crippen LogP contribution is -2.32. The van der Waals surface area contributed by atoms with Crippen LogP contribution in [0.15, 0.2) is 54.1 Å². The van der Waals surface area contributed by atoms with E-state index in [0.717, 1.165) is 31.1 Å². The number of carbonyl (C=O) groups excluding carboxylic acids is 2. The first-order valence-electron chi connectivity index (χ1n) is 8.31. The normalized spacial score (nSPS) is 18.1. The molecule has 1 aromatic carbocycles. The molecule has 0 N–H and O–H groups in total. The van der Waals surface area contributed by atoms with Crippen molar-refractivity contribution >= 4 is 24.0 Å². The highest BCUT2D eigenvalue weighted by Crippen LogP contribution is 2.32. The first kappa shape index (κ1) is 18.5. The maximum Gasteiger partial charge on any atom is 0.326 e. The summed E-state index contributed by atoms with van der Waals surface area (Å²) in [5, 5.41) is 0. The van der Waals surface area contributed by atoms with Crippen molar-refractivity contribution in [3.63, 3.8) is 0 Å². The molecule has 2 rings (SSSR count). The van der Waals surface area contributed by atoms with Gasteiger partial charge in [-0.3, -0.25) is 4.79 Å². The van der Waals surface area contributed by atoms with Gasteiger partial charge in [-0.15, -0.1) is 11.8 Å². The van der Waals surface area contributed by atoms with E-state index in [-0.39, 0.29) is 12.6 Å². The fourth-order valence-corrected chi connectivity index (χ4v) is 3.61. The molecule has 0 amide bonds. The Balaban J connectivity index is 2.08. The van der Waals surface area contributed by atoms with E-state index in [0.29, 0.717) is 12.2 Å². The lowest BCUT2D eigenvalue weighted by molar-refractivity contribution is -0.146. The van der Waals surface area contributed by atoms with Crippen molar-refractivity contribution in [1.29, 1.82) is 0 Å². The van der Waals surface area contributed by atoms with Gasteiger partial charge in [0.25, 0.3) is 0 Å². The Morgan fingerprint density at radius 3 is 2.79 bits per heavy atom. The van der Waals surface area contributed by atoms with Crippen LogP contribution in [0.1, 0.15) is 38.2 Å². The van der Waals surface area contributed by atoms with Gasteiger partial charge in [0.15, 0.2) is 0 Å². The van der Waals surface area contributed by atoms with Crippen LogP contribution in [-0.4, -0.2) is 22.8 Å². The molecular formula is C20H24O3S. The molecule has 0 saturated heterocycles. The van der Waals surface area contributed by atoms with Crippen LogP contribution in [0, 0.1) is 0 Å². The largest absolute Gasteiger partial charge is 0.460 e. The average Bonchev–Trinajstić information content (AvgIpc) is 2.61. The number of hydrogen-bond donors (Lipinski definition) is 0. The van der Waals surface area contributed by atoms with Crippen LogP contribution < -0.4 is 0 Å². The minimum atomic E-state index is -0.769. The highest BCUT2D eigenvalue weighted by atomic mass is 32.2. The minimum absolute atomic E-state index is 0.256. The molecule has 0 spiro atoms. The van der Waals surface area contributed by atoms with Gasteiger partial charge in [0.1, 0.15) is 17.6 Å². The number of hydrogen-bond acceptors (Lipinski definition) is 4. The van der Waals surface area contributed by atoms with Gasteiger partial charge < -0.3 is 9.53 Å². The van der Waals surface area contributed by atoms with Gasteiger partial charge in [0, 0.05) is 12.2 Å². The average molecular weight is 344 g/mol. The second kappa shape index (κ2) is 9.48. The van der Waals surface area contributed by atoms with E-state index < -0.39 is 4.75 Å². The summed E-state index contributed by atoms with van der Waals surface area (Å²) in [4.78, 5) is 23.3. The first-order chi connectivity index (χ1) is 11.6. The zero-order chi connectivity index (χ0) is 17.3. The standard InChI is InChI=1S/C20H24O3S/c1-20(24-14-8-13-21,15-17-9-4-2-5-10-17)19(22)23-16-18-11-6-3-7-12-18/h3-4,6-7,9,11-13,15H,2,5,8,10,14,16H2,1H3/b17-15-/t20-/m1/s1. The van der Waals surface area contributed by atoms with E-state index in [1.165, 1.54) is 17.3 Å². The van der Waals surface area contributed by atoms with Crippen molar-refractivity contribution in [3.8, 4) is 0 Å². The number of allylic oxidation sites excluding steroid dienone is 3. The zero-order valence-electron chi connectivity index (χ0n) is 14.1. The third-order valence-corrected chi connectivity index (χ3v) is 5.21. The molecule has 1 aliphatic carbocycles. The predicted molar refractivity (Wildman–Crippen MR) is 98.9 cm³/mol. The Labute approximate surface area is 148 Å². The van der Waals surface area contributed by atoms with E-state index in [9.17, 15) is 9.59 Å². The van der Waals surface area contributed by atoms with Crippen molar-refractivity contribution in [3.05, 3.63) is 59.7 Å². The van der Waals surface area contributed by atoms with Gasteiger partial charge in [0.05, 0.1) is 0 Å². The monoisotopic (exact) mass is 344 g/mol. The minimum Gasteiger partial charge on any atom is -0.460 e. The van der Waals surface area contributed by atoms with Crippen molar-refractivity contribution in [2.24, 2.45) is 0 Å². The molecule has 0 radical (unpaired) electrons. The molecule has 0 aliphatic heterocycles. The summed E-state index contributed by atoms with van der Waals surface area (Å²) in [6.07, 6.45) is 10.7. The summed E-state index contributed by atoms with van der Waals surface area (Å²) in [5.41, 5.74) is 2.13. The summed E-state index contributed by atoms with van der Waals surface area (Å²) in [7, 11) is 0. The fraction of sp³-hybridized carbons (Fsp3) is 0.400. The first-order valence-corrected chi connectivity index (χ1v) is 9.29. The molecule has 0 bridgehead atoms. The summed E-state index contributed by atoms with van der Waals surface area (Å²) in [6.45, 7) is 2.15. The molecule has 0 unspecified atom stereocenters. The molecule has 0 fully saturated rings. The maximum absolute atomic E-state index is 12.7. The van der Waals surface area contributed by atoms with Crippen LogP contribution in [0.4, 0.5) is 0 Å². The summed E-state index contributed by atoms with van der Waals surface area (Å²) >= 11 is 1.47. The van der Waals surface area contributed by atoms with Gasteiger partial charge in [-0.25, -0.2) is 0 Å². The smallest absolute Gasteiger partial charge is 0.326 e. The third-order valence-electron chi connectivity index (χ3n) is 3.88. The van der Waals surface area contributed by atoms with Crippen molar-refractivity contribution in [2.45, 2.75) is 44.0 Å². The molecular weight excluding hydrogens is 320 g/mol. The fourth-order valence-electron chi connectivity index (χ4n) is 2.56. The Bertz CT molecular complexity index is 607. The Morgan fingerprint density at radius 1 is 1.33 bits per heavy atom. The zero-order valence-corrected chi connectivity index (χ0v) is 14.9. The Kier molecular flexibility index (Phi) is 7.32. The second-order valence-electron chi connectivity index (χ2n) is 5.99. The van der Waals surface area contributed by atoms with Crippen LogP contribution in [0.5, 0.6) is 0 Å². The number of aldehydes is 1. The highest BCUT2D eigenvalue weighted by Gasteiger charge is 2.33.